The summed E-state index contributed by atoms with van der Waals surface area (Å²) >= 11 is 3.55. The average Bonchev–Trinajstić information content (AvgIpc) is 3.36. The highest BCUT2D eigenvalue weighted by molar-refractivity contribution is 7.98. The van der Waals surface area contributed by atoms with Crippen LogP contribution in [0.1, 0.15) is 35.2 Å². The second kappa shape index (κ2) is 7.48. The zero-order valence-electron chi connectivity index (χ0n) is 15.7. The van der Waals surface area contributed by atoms with E-state index in [9.17, 15) is 0 Å². The van der Waals surface area contributed by atoms with Crippen LogP contribution in [0.2, 0.25) is 0 Å². The SMILES string of the molecule is Cc1ccsc1C1=NOC(C)(CSCc2nn(-c3ccccc3)nc2C)C1. The number of hydrogen-bond acceptors (Lipinski definition) is 6. The predicted octanol–water partition coefficient (Wildman–Crippen LogP) is 4.76. The number of thioether (sulfide) groups is 1. The van der Waals surface area contributed by atoms with Crippen LogP contribution in [0.4, 0.5) is 0 Å². The van der Waals surface area contributed by atoms with Crippen LogP contribution in [0.3, 0.4) is 0 Å². The molecule has 0 radical (unpaired) electrons. The Bertz CT molecular complexity index is 964. The Kier molecular flexibility index (Phi) is 5.06. The van der Waals surface area contributed by atoms with E-state index in [2.05, 4.69) is 40.6 Å². The number of aromatic nitrogens is 3. The lowest BCUT2D eigenvalue weighted by molar-refractivity contribution is 0.0163. The number of oxime groups is 1. The van der Waals surface area contributed by atoms with Crippen molar-refractivity contribution in [3.63, 3.8) is 0 Å². The van der Waals surface area contributed by atoms with Gasteiger partial charge < -0.3 is 4.84 Å². The Hall–Kier alpha value is -2.12. The van der Waals surface area contributed by atoms with Crippen LogP contribution in [0.5, 0.6) is 0 Å². The first-order valence-electron chi connectivity index (χ1n) is 8.90. The minimum atomic E-state index is -0.264. The molecule has 1 aromatic carbocycles. The molecule has 1 aliphatic heterocycles. The molecule has 1 atom stereocenters. The number of hydrogen-bond donors (Lipinski definition) is 0. The third kappa shape index (κ3) is 3.94. The summed E-state index contributed by atoms with van der Waals surface area (Å²) in [5.74, 6) is 1.67. The van der Waals surface area contributed by atoms with Gasteiger partial charge in [0.15, 0.2) is 0 Å². The third-order valence-corrected chi connectivity index (χ3v) is 6.91. The number of rotatable bonds is 6. The minimum Gasteiger partial charge on any atom is -0.388 e. The van der Waals surface area contributed by atoms with Crippen LogP contribution in [-0.2, 0) is 10.6 Å². The Morgan fingerprint density at radius 2 is 2.00 bits per heavy atom. The lowest BCUT2D eigenvalue weighted by atomic mass is 10.0. The lowest BCUT2D eigenvalue weighted by Gasteiger charge is -2.20. The number of thiophene rings is 1. The second-order valence-electron chi connectivity index (χ2n) is 7.04. The summed E-state index contributed by atoms with van der Waals surface area (Å²) in [4.78, 5) is 8.76. The molecule has 0 N–H and O–H groups in total. The van der Waals surface area contributed by atoms with E-state index in [4.69, 9.17) is 4.84 Å². The number of nitrogens with zero attached hydrogens (tertiary/aromatic N) is 4. The van der Waals surface area contributed by atoms with Crippen LogP contribution in [0.15, 0.2) is 46.9 Å². The van der Waals surface area contributed by atoms with E-state index < -0.39 is 0 Å². The lowest BCUT2D eigenvalue weighted by Crippen LogP contribution is -2.28. The number of para-hydroxylation sites is 1. The molecular weight excluding hydrogens is 376 g/mol. The molecule has 7 heteroatoms. The molecule has 1 aliphatic rings. The van der Waals surface area contributed by atoms with Gasteiger partial charge in [0.05, 0.1) is 22.0 Å². The van der Waals surface area contributed by atoms with Crippen molar-refractivity contribution < 1.29 is 4.84 Å². The first-order valence-corrected chi connectivity index (χ1v) is 10.9. The van der Waals surface area contributed by atoms with E-state index in [0.29, 0.717) is 0 Å². The fourth-order valence-electron chi connectivity index (χ4n) is 3.03. The van der Waals surface area contributed by atoms with Crippen LogP contribution in [0, 0.1) is 13.8 Å². The summed E-state index contributed by atoms with van der Waals surface area (Å²) in [5, 5.41) is 15.7. The quantitative estimate of drug-likeness (QED) is 0.601. The molecule has 1 unspecified atom stereocenters. The van der Waals surface area contributed by atoms with Crippen molar-refractivity contribution in [3.05, 3.63) is 63.6 Å². The van der Waals surface area contributed by atoms with Crippen molar-refractivity contribution in [2.75, 3.05) is 5.75 Å². The van der Waals surface area contributed by atoms with Gasteiger partial charge >= 0.3 is 0 Å². The van der Waals surface area contributed by atoms with Crippen molar-refractivity contribution in [1.82, 2.24) is 15.0 Å². The maximum atomic E-state index is 5.81. The van der Waals surface area contributed by atoms with Gasteiger partial charge in [-0.3, -0.25) is 0 Å². The molecule has 0 aliphatic carbocycles. The molecule has 140 valence electrons. The van der Waals surface area contributed by atoms with Crippen LogP contribution in [-0.4, -0.2) is 32.1 Å². The van der Waals surface area contributed by atoms with Crippen LogP contribution >= 0.6 is 23.1 Å². The molecule has 0 fully saturated rings. The van der Waals surface area contributed by atoms with Gasteiger partial charge in [-0.1, -0.05) is 23.4 Å². The summed E-state index contributed by atoms with van der Waals surface area (Å²) in [7, 11) is 0. The summed E-state index contributed by atoms with van der Waals surface area (Å²) in [6.45, 7) is 6.27. The first kappa shape index (κ1) is 18.3. The molecular formula is C20H22N4OS2. The van der Waals surface area contributed by atoms with E-state index in [1.807, 2.05) is 49.0 Å². The number of benzene rings is 1. The predicted molar refractivity (Wildman–Crippen MR) is 112 cm³/mol. The maximum Gasteiger partial charge on any atom is 0.149 e. The van der Waals surface area contributed by atoms with Gasteiger partial charge in [0, 0.05) is 17.9 Å². The molecule has 0 amide bonds. The summed E-state index contributed by atoms with van der Waals surface area (Å²) in [6.07, 6.45) is 0.844. The van der Waals surface area contributed by atoms with Gasteiger partial charge in [0.2, 0.25) is 0 Å². The Morgan fingerprint density at radius 1 is 1.19 bits per heavy atom. The monoisotopic (exact) mass is 398 g/mol. The van der Waals surface area contributed by atoms with Crippen molar-refractivity contribution in [1.29, 1.82) is 0 Å². The van der Waals surface area contributed by atoms with Gasteiger partial charge in [-0.05, 0) is 49.9 Å². The highest BCUT2D eigenvalue weighted by Crippen LogP contribution is 2.33. The van der Waals surface area contributed by atoms with E-state index in [-0.39, 0.29) is 5.60 Å². The first-order chi connectivity index (χ1) is 13.0. The van der Waals surface area contributed by atoms with E-state index in [0.717, 1.165) is 40.7 Å². The molecule has 0 saturated heterocycles. The van der Waals surface area contributed by atoms with E-state index >= 15 is 0 Å². The van der Waals surface area contributed by atoms with Gasteiger partial charge in [-0.25, -0.2) is 0 Å². The maximum absolute atomic E-state index is 5.81. The standard InChI is InChI=1S/C20H22N4OS2/c1-14-9-10-27-19(14)17-11-20(3,25-23-17)13-26-12-18-15(2)21-24(22-18)16-7-5-4-6-8-16/h4-10H,11-13H2,1-3H3. The fraction of sp³-hybridized carbons (Fsp3) is 0.350. The molecule has 27 heavy (non-hydrogen) atoms. The Balaban J connectivity index is 1.35. The molecule has 0 spiro atoms. The summed E-state index contributed by atoms with van der Waals surface area (Å²) < 4.78 is 0. The molecule has 2 aromatic heterocycles. The Labute approximate surface area is 167 Å². The molecule has 0 bridgehead atoms. The second-order valence-corrected chi connectivity index (χ2v) is 8.94. The molecule has 3 aromatic rings. The summed E-state index contributed by atoms with van der Waals surface area (Å²) in [6, 6.07) is 12.1. The van der Waals surface area contributed by atoms with Crippen molar-refractivity contribution in [2.45, 2.75) is 38.5 Å². The highest BCUT2D eigenvalue weighted by atomic mass is 32.2. The smallest absolute Gasteiger partial charge is 0.149 e. The van der Waals surface area contributed by atoms with Crippen molar-refractivity contribution in [2.24, 2.45) is 5.16 Å². The van der Waals surface area contributed by atoms with Gasteiger partial charge in [0.1, 0.15) is 11.3 Å². The largest absolute Gasteiger partial charge is 0.388 e. The van der Waals surface area contributed by atoms with Crippen molar-refractivity contribution in [3.8, 4) is 5.69 Å². The molecule has 3 heterocycles. The van der Waals surface area contributed by atoms with Crippen molar-refractivity contribution >= 4 is 28.8 Å². The third-order valence-electron chi connectivity index (χ3n) is 4.55. The zero-order valence-corrected chi connectivity index (χ0v) is 17.3. The zero-order chi connectivity index (χ0) is 18.9. The topological polar surface area (TPSA) is 52.3 Å². The molecule has 5 nitrogen and oxygen atoms in total. The van der Waals surface area contributed by atoms with Gasteiger partial charge in [-0.2, -0.15) is 26.8 Å². The number of aryl methyl sites for hydroxylation is 2. The Morgan fingerprint density at radius 3 is 2.74 bits per heavy atom. The minimum absolute atomic E-state index is 0.264. The highest BCUT2D eigenvalue weighted by Gasteiger charge is 2.35. The van der Waals surface area contributed by atoms with Crippen LogP contribution in [0.25, 0.3) is 5.69 Å². The van der Waals surface area contributed by atoms with E-state index in [1.54, 1.807) is 16.1 Å². The normalized spacial score (nSPS) is 19.1. The van der Waals surface area contributed by atoms with E-state index in [1.165, 1.54) is 10.4 Å². The van der Waals surface area contributed by atoms with Gasteiger partial charge in [-0.15, -0.1) is 11.3 Å². The molecule has 4 rings (SSSR count). The fourth-order valence-corrected chi connectivity index (χ4v) is 5.09. The van der Waals surface area contributed by atoms with Crippen LogP contribution < -0.4 is 0 Å². The molecule has 0 saturated carbocycles. The average molecular weight is 399 g/mol. The van der Waals surface area contributed by atoms with Gasteiger partial charge in [0.25, 0.3) is 0 Å². The summed E-state index contributed by atoms with van der Waals surface area (Å²) in [5.41, 5.74) is 5.03.